The summed E-state index contributed by atoms with van der Waals surface area (Å²) in [5.74, 6) is -1.90. The van der Waals surface area contributed by atoms with E-state index in [-0.39, 0.29) is 67.1 Å². The number of hydrogen-bond acceptors (Lipinski definition) is 8. The van der Waals surface area contributed by atoms with Crippen LogP contribution in [-0.4, -0.2) is 83.6 Å². The number of hydrogen-bond donors (Lipinski definition) is 8. The molecule has 2 aromatic rings. The van der Waals surface area contributed by atoms with Gasteiger partial charge in [-0.05, 0) is 78.5 Å². The van der Waals surface area contributed by atoms with Gasteiger partial charge in [0.15, 0.2) is 11.9 Å². The van der Waals surface area contributed by atoms with Gasteiger partial charge in [-0.15, -0.1) is 0 Å². The molecule has 0 aliphatic carbocycles. The zero-order valence-electron chi connectivity index (χ0n) is 35.4. The highest BCUT2D eigenvalue weighted by Gasteiger charge is 2.34. The van der Waals surface area contributed by atoms with E-state index < -0.39 is 35.8 Å². The first kappa shape index (κ1) is 47.7. The van der Waals surface area contributed by atoms with Crippen molar-refractivity contribution in [1.82, 2.24) is 15.2 Å². The summed E-state index contributed by atoms with van der Waals surface area (Å²) < 4.78 is 0. The second-order valence-corrected chi connectivity index (χ2v) is 17.9. The zero-order valence-corrected chi connectivity index (χ0v) is 35.4. The predicted molar refractivity (Wildman–Crippen MR) is 227 cm³/mol. The van der Waals surface area contributed by atoms with E-state index >= 15 is 0 Å². The van der Waals surface area contributed by atoms with Crippen LogP contribution in [0.1, 0.15) is 136 Å². The van der Waals surface area contributed by atoms with Crippen molar-refractivity contribution >= 4 is 46.8 Å². The molecule has 56 heavy (non-hydrogen) atoms. The fraction of sp³-hybridized carbons (Fsp3) is 0.659. The lowest BCUT2D eigenvalue weighted by atomic mass is 9.78. The van der Waals surface area contributed by atoms with Gasteiger partial charge in [0.1, 0.15) is 12.3 Å². The van der Waals surface area contributed by atoms with E-state index in [9.17, 15) is 19.2 Å². The number of carbonyl (C=O) groups is 4. The number of fused-ring (bicyclic) bond motifs is 1. The van der Waals surface area contributed by atoms with Gasteiger partial charge in [0, 0.05) is 48.1 Å². The number of carbonyl (C=O) groups excluding carboxylic acids is 4. The van der Waals surface area contributed by atoms with Crippen molar-refractivity contribution in [1.29, 1.82) is 0 Å². The smallest absolute Gasteiger partial charge is 0.251 e. The molecule has 0 aliphatic heterocycles. The summed E-state index contributed by atoms with van der Waals surface area (Å²) in [6.45, 7) is 20.0. The van der Waals surface area contributed by atoms with Gasteiger partial charge in [0.05, 0.1) is 12.1 Å². The molecule has 0 fully saturated rings. The monoisotopic (exact) mass is 782 g/mol. The molecule has 0 bridgehead atoms. The fourth-order valence-electron chi connectivity index (χ4n) is 6.61. The minimum absolute atomic E-state index is 0.0565. The topological polar surface area (TPSA) is 280 Å². The number of imide groups is 1. The Labute approximate surface area is 333 Å². The molecule has 1 aromatic heterocycles. The molecule has 3 atom stereocenters. The third-order valence-electron chi connectivity index (χ3n) is 9.78. The van der Waals surface area contributed by atoms with Gasteiger partial charge in [-0.2, -0.15) is 0 Å². The van der Waals surface area contributed by atoms with Gasteiger partial charge in [-0.3, -0.25) is 29.3 Å². The summed E-state index contributed by atoms with van der Waals surface area (Å²) in [6, 6.07) is 1.29. The van der Waals surface area contributed by atoms with Crippen LogP contribution >= 0.6 is 0 Å². The molecular formula is C41H71N11O4. The zero-order chi connectivity index (χ0) is 42.6. The minimum atomic E-state index is -1.12. The summed E-state index contributed by atoms with van der Waals surface area (Å²) in [6.07, 6.45) is 4.17. The first-order valence-corrected chi connectivity index (χ1v) is 19.8. The van der Waals surface area contributed by atoms with Crippen LogP contribution in [-0.2, 0) is 41.8 Å². The highest BCUT2D eigenvalue weighted by atomic mass is 16.2. The van der Waals surface area contributed by atoms with Crippen LogP contribution in [0, 0.1) is 0 Å². The standard InChI is InChI=1S/C41H71N11O4/c1-39(2,3)25-22-26-27(33(41(7,8)9)51-32(26)28(23-25)40(4,5)6)24-30(43)34(54)50-31(17-15-19-49-38(46)47)36(56)52(20-12-10-11-13-21-53)35(55)29(42)16-14-18-48-37(44)45/h21-23,29-31,51H,10-20,24,42-43H2,1-9H3,(H,50,54)(H4,44,45,48)(H4,46,47,49)/t29-,30-,31-/m0/s1. The largest absolute Gasteiger partial charge is 0.370 e. The summed E-state index contributed by atoms with van der Waals surface area (Å²) in [5, 5.41) is 3.90. The first-order valence-electron chi connectivity index (χ1n) is 19.8. The van der Waals surface area contributed by atoms with Crippen molar-refractivity contribution in [3.63, 3.8) is 0 Å². The fourth-order valence-corrected chi connectivity index (χ4v) is 6.61. The SMILES string of the molecule is CC(C)(C)c1cc(C(C)(C)C)c2[nH]c(C(C)(C)C)c(C[C@H](N)C(=O)N[C@@H](CCCN=C(N)N)C(=O)N(CCCCCC=O)C(=O)[C@@H](N)CCCN=C(N)N)c2c1. The quantitative estimate of drug-likeness (QED) is 0.0421. The molecule has 314 valence electrons. The van der Waals surface area contributed by atoms with Gasteiger partial charge in [0.25, 0.3) is 5.91 Å². The Hall–Kier alpha value is -4.50. The Morgan fingerprint density at radius 1 is 0.768 bits per heavy atom. The lowest BCUT2D eigenvalue weighted by Gasteiger charge is -2.29. The van der Waals surface area contributed by atoms with E-state index in [1.165, 1.54) is 11.1 Å². The van der Waals surface area contributed by atoms with Gasteiger partial charge < -0.3 is 49.5 Å². The second-order valence-electron chi connectivity index (χ2n) is 17.9. The van der Waals surface area contributed by atoms with Crippen LogP contribution in [0.4, 0.5) is 0 Å². The van der Waals surface area contributed by atoms with Gasteiger partial charge in [-0.25, -0.2) is 0 Å². The average molecular weight is 782 g/mol. The Kier molecular flexibility index (Phi) is 17.5. The Morgan fingerprint density at radius 3 is 1.88 bits per heavy atom. The molecule has 0 spiro atoms. The second kappa shape index (κ2) is 20.6. The highest BCUT2D eigenvalue weighted by molar-refractivity contribution is 6.01. The van der Waals surface area contributed by atoms with Crippen LogP contribution in [0.5, 0.6) is 0 Å². The van der Waals surface area contributed by atoms with Crippen molar-refractivity contribution < 1.29 is 19.2 Å². The van der Waals surface area contributed by atoms with E-state index in [4.69, 9.17) is 34.4 Å². The molecule has 0 aliphatic rings. The Morgan fingerprint density at radius 2 is 1.36 bits per heavy atom. The van der Waals surface area contributed by atoms with E-state index in [1.807, 2.05) is 0 Å². The number of amides is 3. The van der Waals surface area contributed by atoms with Gasteiger partial charge in [0.2, 0.25) is 11.8 Å². The van der Waals surface area contributed by atoms with Crippen LogP contribution < -0.4 is 39.7 Å². The molecule has 3 amide bonds. The summed E-state index contributed by atoms with van der Waals surface area (Å²) in [7, 11) is 0. The molecular weight excluding hydrogens is 711 g/mol. The van der Waals surface area contributed by atoms with Crippen molar-refractivity contribution in [2.75, 3.05) is 19.6 Å². The predicted octanol–water partition coefficient (Wildman–Crippen LogP) is 2.96. The number of aldehydes is 1. The number of nitrogens with zero attached hydrogens (tertiary/aromatic N) is 3. The lowest BCUT2D eigenvalue weighted by molar-refractivity contribution is -0.148. The van der Waals surface area contributed by atoms with Crippen molar-refractivity contribution in [2.24, 2.45) is 44.4 Å². The number of benzene rings is 1. The van der Waals surface area contributed by atoms with E-state index in [0.717, 1.165) is 33.3 Å². The molecule has 14 N–H and O–H groups in total. The maximum atomic E-state index is 14.3. The van der Waals surface area contributed by atoms with Crippen molar-refractivity contribution in [3.05, 3.63) is 34.5 Å². The van der Waals surface area contributed by atoms with Crippen LogP contribution in [0.2, 0.25) is 0 Å². The van der Waals surface area contributed by atoms with Crippen molar-refractivity contribution in [3.8, 4) is 0 Å². The summed E-state index contributed by atoms with van der Waals surface area (Å²) >= 11 is 0. The molecule has 1 heterocycles. The third kappa shape index (κ3) is 14.2. The lowest BCUT2D eigenvalue weighted by Crippen LogP contribution is -2.56. The molecule has 1 aromatic carbocycles. The van der Waals surface area contributed by atoms with Gasteiger partial charge in [-0.1, -0.05) is 74.8 Å². The van der Waals surface area contributed by atoms with E-state index in [1.54, 1.807) is 0 Å². The normalized spacial score (nSPS) is 13.8. The summed E-state index contributed by atoms with van der Waals surface area (Å²) in [5.41, 5.74) is 39.7. The van der Waals surface area contributed by atoms with Gasteiger partial charge >= 0.3 is 0 Å². The number of nitrogens with two attached hydrogens (primary N) is 6. The highest BCUT2D eigenvalue weighted by Crippen LogP contribution is 2.40. The Balaban J connectivity index is 2.55. The van der Waals surface area contributed by atoms with Crippen LogP contribution in [0.3, 0.4) is 0 Å². The Bertz CT molecular complexity index is 1700. The molecule has 15 nitrogen and oxygen atoms in total. The molecule has 2 rings (SSSR count). The number of aromatic nitrogens is 1. The van der Waals surface area contributed by atoms with Crippen molar-refractivity contribution in [2.45, 2.75) is 154 Å². The number of aromatic amines is 1. The number of unbranched alkanes of at least 4 members (excludes halogenated alkanes) is 3. The summed E-state index contributed by atoms with van der Waals surface area (Å²) in [4.78, 5) is 65.9. The average Bonchev–Trinajstić information content (AvgIpc) is 3.46. The van der Waals surface area contributed by atoms with E-state index in [2.05, 4.69) is 94.7 Å². The number of rotatable bonds is 20. The third-order valence-corrected chi connectivity index (χ3v) is 9.78. The maximum absolute atomic E-state index is 14.3. The minimum Gasteiger partial charge on any atom is -0.370 e. The van der Waals surface area contributed by atoms with E-state index in [0.29, 0.717) is 38.5 Å². The van der Waals surface area contributed by atoms with Crippen LogP contribution in [0.15, 0.2) is 22.1 Å². The molecule has 15 heteroatoms. The number of aliphatic imine (C=N–C) groups is 2. The first-order chi connectivity index (χ1) is 25.9. The number of nitrogens with one attached hydrogen (secondary N) is 2. The molecule has 0 radical (unpaired) electrons. The maximum Gasteiger partial charge on any atom is 0.251 e. The van der Waals surface area contributed by atoms with Crippen LogP contribution in [0.25, 0.3) is 10.9 Å². The molecule has 0 unspecified atom stereocenters. The molecule has 0 saturated heterocycles. The molecule has 0 saturated carbocycles. The number of guanidine groups is 2. The number of H-pyrrole nitrogens is 1.